The maximum atomic E-state index is 3.60. The number of hydrogen-bond acceptors (Lipinski definition) is 3. The van der Waals surface area contributed by atoms with Gasteiger partial charge in [-0.3, -0.25) is 4.90 Å². The third-order valence-corrected chi connectivity index (χ3v) is 3.51. The van der Waals surface area contributed by atoms with E-state index in [0.29, 0.717) is 0 Å². The molecule has 1 heterocycles. The Kier molecular flexibility index (Phi) is 4.00. The zero-order chi connectivity index (χ0) is 10.7. The molecule has 0 bridgehead atoms. The Bertz CT molecular complexity index is 183. The van der Waals surface area contributed by atoms with Gasteiger partial charge in [-0.25, -0.2) is 0 Å². The molecule has 15 heavy (non-hydrogen) atoms. The van der Waals surface area contributed by atoms with Crippen molar-refractivity contribution < 1.29 is 0 Å². The number of hydrogen-bond donors (Lipinski definition) is 1. The van der Waals surface area contributed by atoms with E-state index in [1.807, 2.05) is 0 Å². The summed E-state index contributed by atoms with van der Waals surface area (Å²) in [5.41, 5.74) is 0. The van der Waals surface area contributed by atoms with Gasteiger partial charge in [-0.2, -0.15) is 0 Å². The van der Waals surface area contributed by atoms with Crippen LogP contribution < -0.4 is 5.32 Å². The van der Waals surface area contributed by atoms with Crippen LogP contribution >= 0.6 is 0 Å². The first kappa shape index (κ1) is 11.4. The number of nitrogens with one attached hydrogen (secondary N) is 1. The van der Waals surface area contributed by atoms with Crippen LogP contribution in [-0.4, -0.2) is 62.2 Å². The molecule has 2 aliphatic rings. The molecule has 0 radical (unpaired) electrons. The standard InChI is InChI=1S/C12H25N3/c1-14(2)8-9-15(12-5-6-12)10-11-4-3-7-13-11/h11-13H,3-10H2,1-2H3. The summed E-state index contributed by atoms with van der Waals surface area (Å²) in [5.74, 6) is 0. The lowest BCUT2D eigenvalue weighted by atomic mass is 10.2. The van der Waals surface area contributed by atoms with Crippen molar-refractivity contribution in [3.63, 3.8) is 0 Å². The van der Waals surface area contributed by atoms with Crippen LogP contribution in [0.3, 0.4) is 0 Å². The molecule has 1 saturated heterocycles. The third kappa shape index (κ3) is 3.74. The number of likely N-dealkylation sites (N-methyl/N-ethyl adjacent to an activating group) is 1. The molecule has 1 aliphatic heterocycles. The predicted molar refractivity (Wildman–Crippen MR) is 64.2 cm³/mol. The molecule has 1 atom stereocenters. The van der Waals surface area contributed by atoms with Crippen LogP contribution in [-0.2, 0) is 0 Å². The number of rotatable bonds is 6. The first-order valence-corrected chi connectivity index (χ1v) is 6.38. The fourth-order valence-electron chi connectivity index (χ4n) is 2.39. The van der Waals surface area contributed by atoms with E-state index >= 15 is 0 Å². The van der Waals surface area contributed by atoms with E-state index in [9.17, 15) is 0 Å². The fraction of sp³-hybridized carbons (Fsp3) is 1.00. The molecular formula is C12H25N3. The molecule has 2 fully saturated rings. The Labute approximate surface area is 93.8 Å². The maximum Gasteiger partial charge on any atom is 0.0195 e. The van der Waals surface area contributed by atoms with Gasteiger partial charge in [0.1, 0.15) is 0 Å². The van der Waals surface area contributed by atoms with Gasteiger partial charge in [0, 0.05) is 31.7 Å². The van der Waals surface area contributed by atoms with Crippen molar-refractivity contribution in [2.75, 3.05) is 40.3 Å². The van der Waals surface area contributed by atoms with Crippen LogP contribution in [0.4, 0.5) is 0 Å². The van der Waals surface area contributed by atoms with Crippen molar-refractivity contribution in [2.24, 2.45) is 0 Å². The molecule has 1 saturated carbocycles. The third-order valence-electron chi connectivity index (χ3n) is 3.51. The summed E-state index contributed by atoms with van der Waals surface area (Å²) in [6.07, 6.45) is 5.61. The molecule has 3 heteroatoms. The van der Waals surface area contributed by atoms with Crippen LogP contribution in [0.5, 0.6) is 0 Å². The first-order chi connectivity index (χ1) is 7.25. The number of nitrogens with zero attached hydrogens (tertiary/aromatic N) is 2. The van der Waals surface area contributed by atoms with Crippen molar-refractivity contribution in [1.29, 1.82) is 0 Å². The molecule has 0 aromatic heterocycles. The van der Waals surface area contributed by atoms with Gasteiger partial charge in [0.2, 0.25) is 0 Å². The van der Waals surface area contributed by atoms with Gasteiger partial charge in [-0.05, 0) is 46.3 Å². The average Bonchev–Trinajstić information content (AvgIpc) is 2.91. The molecule has 1 unspecified atom stereocenters. The van der Waals surface area contributed by atoms with Crippen LogP contribution in [0.25, 0.3) is 0 Å². The monoisotopic (exact) mass is 211 g/mol. The minimum atomic E-state index is 0.771. The van der Waals surface area contributed by atoms with E-state index in [2.05, 4.69) is 29.2 Å². The SMILES string of the molecule is CN(C)CCN(CC1CCCN1)C1CC1. The highest BCUT2D eigenvalue weighted by molar-refractivity contribution is 4.88. The van der Waals surface area contributed by atoms with Gasteiger partial charge in [-0.1, -0.05) is 0 Å². The smallest absolute Gasteiger partial charge is 0.0195 e. The Morgan fingerprint density at radius 3 is 2.47 bits per heavy atom. The minimum Gasteiger partial charge on any atom is -0.313 e. The van der Waals surface area contributed by atoms with Gasteiger partial charge < -0.3 is 10.2 Å². The molecule has 0 amide bonds. The molecule has 0 spiro atoms. The summed E-state index contributed by atoms with van der Waals surface area (Å²) in [6, 6.07) is 1.68. The Hall–Kier alpha value is -0.120. The molecule has 88 valence electrons. The molecule has 0 aromatic carbocycles. The Morgan fingerprint density at radius 1 is 1.13 bits per heavy atom. The summed E-state index contributed by atoms with van der Waals surface area (Å²) in [6.45, 7) is 4.95. The van der Waals surface area contributed by atoms with Crippen molar-refractivity contribution in [3.8, 4) is 0 Å². The van der Waals surface area contributed by atoms with E-state index in [-0.39, 0.29) is 0 Å². The lowest BCUT2D eigenvalue weighted by Gasteiger charge is -2.26. The van der Waals surface area contributed by atoms with Gasteiger partial charge in [0.15, 0.2) is 0 Å². The second-order valence-corrected chi connectivity index (χ2v) is 5.32. The van der Waals surface area contributed by atoms with Gasteiger partial charge >= 0.3 is 0 Å². The molecular weight excluding hydrogens is 186 g/mol. The summed E-state index contributed by atoms with van der Waals surface area (Å²) in [7, 11) is 4.33. The highest BCUT2D eigenvalue weighted by Crippen LogP contribution is 2.27. The highest BCUT2D eigenvalue weighted by atomic mass is 15.2. The summed E-state index contributed by atoms with van der Waals surface area (Å²) < 4.78 is 0. The van der Waals surface area contributed by atoms with E-state index in [1.165, 1.54) is 51.9 Å². The van der Waals surface area contributed by atoms with E-state index in [0.717, 1.165) is 12.1 Å². The van der Waals surface area contributed by atoms with Gasteiger partial charge in [0.05, 0.1) is 0 Å². The summed E-state index contributed by atoms with van der Waals surface area (Å²) in [4.78, 5) is 4.99. The molecule has 3 nitrogen and oxygen atoms in total. The highest BCUT2D eigenvalue weighted by Gasteiger charge is 2.30. The van der Waals surface area contributed by atoms with E-state index in [1.54, 1.807) is 0 Å². The van der Waals surface area contributed by atoms with Crippen molar-refractivity contribution in [1.82, 2.24) is 15.1 Å². The molecule has 1 N–H and O–H groups in total. The van der Waals surface area contributed by atoms with Crippen molar-refractivity contribution in [2.45, 2.75) is 37.8 Å². The van der Waals surface area contributed by atoms with Crippen LogP contribution in [0.1, 0.15) is 25.7 Å². The molecule has 1 aliphatic carbocycles. The minimum absolute atomic E-state index is 0.771. The fourth-order valence-corrected chi connectivity index (χ4v) is 2.39. The Balaban J connectivity index is 1.72. The van der Waals surface area contributed by atoms with Crippen molar-refractivity contribution in [3.05, 3.63) is 0 Å². The second kappa shape index (κ2) is 5.28. The largest absolute Gasteiger partial charge is 0.313 e. The maximum absolute atomic E-state index is 3.60. The zero-order valence-electron chi connectivity index (χ0n) is 10.2. The predicted octanol–water partition coefficient (Wildman–Crippen LogP) is 0.764. The topological polar surface area (TPSA) is 18.5 Å². The second-order valence-electron chi connectivity index (χ2n) is 5.32. The molecule has 0 aromatic rings. The van der Waals surface area contributed by atoms with Crippen LogP contribution in [0, 0.1) is 0 Å². The summed E-state index contributed by atoms with van der Waals surface area (Å²) >= 11 is 0. The van der Waals surface area contributed by atoms with E-state index in [4.69, 9.17) is 0 Å². The van der Waals surface area contributed by atoms with Gasteiger partial charge in [-0.15, -0.1) is 0 Å². The van der Waals surface area contributed by atoms with Crippen molar-refractivity contribution >= 4 is 0 Å². The first-order valence-electron chi connectivity index (χ1n) is 6.38. The van der Waals surface area contributed by atoms with Crippen LogP contribution in [0.15, 0.2) is 0 Å². The lowest BCUT2D eigenvalue weighted by Crippen LogP contribution is -2.41. The van der Waals surface area contributed by atoms with E-state index < -0.39 is 0 Å². The summed E-state index contributed by atoms with van der Waals surface area (Å²) in [5, 5.41) is 3.60. The Morgan fingerprint density at radius 2 is 1.93 bits per heavy atom. The van der Waals surface area contributed by atoms with Gasteiger partial charge in [0.25, 0.3) is 0 Å². The van der Waals surface area contributed by atoms with Crippen LogP contribution in [0.2, 0.25) is 0 Å². The normalized spacial score (nSPS) is 26.8. The molecule has 2 rings (SSSR count). The quantitative estimate of drug-likeness (QED) is 0.700. The zero-order valence-corrected chi connectivity index (χ0v) is 10.2. The average molecular weight is 211 g/mol. The lowest BCUT2D eigenvalue weighted by molar-refractivity contribution is 0.215.